The number of ether oxygens (including phenoxy) is 1. The zero-order valence-corrected chi connectivity index (χ0v) is 12.2. The lowest BCUT2D eigenvalue weighted by molar-refractivity contribution is 0.177. The van der Waals surface area contributed by atoms with Crippen molar-refractivity contribution in [3.8, 4) is 0 Å². The molecule has 0 unspecified atom stereocenters. The third-order valence-corrected chi connectivity index (χ3v) is 3.18. The van der Waals surface area contributed by atoms with E-state index in [4.69, 9.17) is 16.3 Å². The molecule has 0 aliphatic heterocycles. The van der Waals surface area contributed by atoms with E-state index in [1.165, 1.54) is 0 Å². The monoisotopic (exact) mass is 283 g/mol. The number of hydrogen-bond donors (Lipinski definition) is 0. The van der Waals surface area contributed by atoms with Gasteiger partial charge in [0, 0.05) is 27.3 Å². The van der Waals surface area contributed by atoms with E-state index in [9.17, 15) is 0 Å². The van der Waals surface area contributed by atoms with Crippen LogP contribution in [-0.4, -0.2) is 52.0 Å². The van der Waals surface area contributed by atoms with Crippen molar-refractivity contribution in [2.45, 2.75) is 13.0 Å². The van der Waals surface area contributed by atoms with E-state index >= 15 is 0 Å². The Balaban J connectivity index is 2.10. The summed E-state index contributed by atoms with van der Waals surface area (Å²) in [5.74, 6) is 0.709. The number of nitrogens with zero attached hydrogens (tertiary/aromatic N) is 5. The zero-order chi connectivity index (χ0) is 13.8. The number of aryl methyl sites for hydroxylation is 1. The van der Waals surface area contributed by atoms with Crippen molar-refractivity contribution >= 4 is 22.6 Å². The highest BCUT2D eigenvalue weighted by Gasteiger charge is 2.11. The van der Waals surface area contributed by atoms with Crippen LogP contribution < -0.4 is 0 Å². The molecule has 104 valence electrons. The lowest BCUT2D eigenvalue weighted by atomic mass is 10.4. The van der Waals surface area contributed by atoms with E-state index in [0.29, 0.717) is 17.5 Å². The number of methoxy groups -OCH3 is 1. The second-order valence-electron chi connectivity index (χ2n) is 4.52. The van der Waals surface area contributed by atoms with Crippen LogP contribution in [-0.2, 0) is 18.3 Å². The Labute approximate surface area is 117 Å². The van der Waals surface area contributed by atoms with E-state index in [-0.39, 0.29) is 0 Å². The van der Waals surface area contributed by atoms with Crippen LogP contribution in [0.5, 0.6) is 0 Å². The number of aromatic nitrogens is 4. The van der Waals surface area contributed by atoms with Crippen molar-refractivity contribution in [1.29, 1.82) is 0 Å². The first kappa shape index (κ1) is 14.2. The predicted molar refractivity (Wildman–Crippen MR) is 74.1 cm³/mol. The Morgan fingerprint density at radius 3 is 2.95 bits per heavy atom. The molecule has 2 heterocycles. The van der Waals surface area contributed by atoms with Gasteiger partial charge in [0.2, 0.25) is 0 Å². The maximum Gasteiger partial charge on any atom is 0.162 e. The Bertz CT molecular complexity index is 556. The summed E-state index contributed by atoms with van der Waals surface area (Å²) in [6.07, 6.45) is 2.67. The third-order valence-electron chi connectivity index (χ3n) is 2.89. The second kappa shape index (κ2) is 6.27. The van der Waals surface area contributed by atoms with Crippen molar-refractivity contribution < 1.29 is 4.74 Å². The highest BCUT2D eigenvalue weighted by molar-refractivity contribution is 6.33. The van der Waals surface area contributed by atoms with Gasteiger partial charge in [0.05, 0.1) is 18.1 Å². The molecule has 0 saturated carbocycles. The molecule has 0 saturated heterocycles. The van der Waals surface area contributed by atoms with Crippen molar-refractivity contribution in [3.63, 3.8) is 0 Å². The van der Waals surface area contributed by atoms with E-state index in [1.54, 1.807) is 18.0 Å². The lowest BCUT2D eigenvalue weighted by Crippen LogP contribution is -2.21. The van der Waals surface area contributed by atoms with Gasteiger partial charge in [-0.05, 0) is 13.5 Å². The first-order valence-corrected chi connectivity index (χ1v) is 6.51. The topological polar surface area (TPSA) is 56.1 Å². The molecule has 2 rings (SSSR count). The lowest BCUT2D eigenvalue weighted by Gasteiger charge is -2.15. The summed E-state index contributed by atoms with van der Waals surface area (Å²) in [6, 6.07) is 0. The molecule has 0 N–H and O–H groups in total. The maximum absolute atomic E-state index is 6.14. The van der Waals surface area contributed by atoms with Crippen LogP contribution in [0.4, 0.5) is 0 Å². The van der Waals surface area contributed by atoms with Gasteiger partial charge in [0.15, 0.2) is 5.65 Å². The Morgan fingerprint density at radius 1 is 1.42 bits per heavy atom. The standard InChI is InChI=1S/C12H18ClN5O/c1-17(5-4-6-19-3)8-10-15-11(13)9-7-14-18(2)12(9)16-10/h7H,4-6,8H2,1-3H3. The van der Waals surface area contributed by atoms with Gasteiger partial charge in [0.25, 0.3) is 0 Å². The largest absolute Gasteiger partial charge is 0.385 e. The van der Waals surface area contributed by atoms with Crippen LogP contribution in [0.2, 0.25) is 5.15 Å². The Hall–Kier alpha value is -1.24. The molecule has 0 fully saturated rings. The Morgan fingerprint density at radius 2 is 2.21 bits per heavy atom. The van der Waals surface area contributed by atoms with Gasteiger partial charge in [-0.2, -0.15) is 5.10 Å². The fourth-order valence-electron chi connectivity index (χ4n) is 1.90. The summed E-state index contributed by atoms with van der Waals surface area (Å²) in [6.45, 7) is 2.34. The minimum absolute atomic E-state index is 0.457. The maximum atomic E-state index is 6.14. The minimum Gasteiger partial charge on any atom is -0.385 e. The van der Waals surface area contributed by atoms with Gasteiger partial charge < -0.3 is 4.74 Å². The average molecular weight is 284 g/mol. The van der Waals surface area contributed by atoms with Gasteiger partial charge >= 0.3 is 0 Å². The SMILES string of the molecule is COCCCN(C)Cc1nc(Cl)c2cnn(C)c2n1. The van der Waals surface area contributed by atoms with Gasteiger partial charge in [-0.1, -0.05) is 11.6 Å². The number of fused-ring (bicyclic) bond motifs is 1. The van der Waals surface area contributed by atoms with Gasteiger partial charge in [0.1, 0.15) is 11.0 Å². The molecule has 19 heavy (non-hydrogen) atoms. The first-order valence-electron chi connectivity index (χ1n) is 6.13. The molecular weight excluding hydrogens is 266 g/mol. The average Bonchev–Trinajstić information content (AvgIpc) is 2.72. The van der Waals surface area contributed by atoms with Crippen LogP contribution in [0.1, 0.15) is 12.2 Å². The number of hydrogen-bond acceptors (Lipinski definition) is 5. The van der Waals surface area contributed by atoms with Crippen molar-refractivity contribution in [2.24, 2.45) is 7.05 Å². The fourth-order valence-corrected chi connectivity index (χ4v) is 2.13. The molecular formula is C12H18ClN5O. The summed E-state index contributed by atoms with van der Waals surface area (Å²) in [7, 11) is 5.58. The summed E-state index contributed by atoms with van der Waals surface area (Å²) in [5, 5.41) is 5.38. The second-order valence-corrected chi connectivity index (χ2v) is 4.88. The quantitative estimate of drug-likeness (QED) is 0.594. The smallest absolute Gasteiger partial charge is 0.162 e. The number of halogens is 1. The van der Waals surface area contributed by atoms with E-state index < -0.39 is 0 Å². The molecule has 2 aromatic heterocycles. The molecule has 0 atom stereocenters. The van der Waals surface area contributed by atoms with Crippen LogP contribution >= 0.6 is 11.6 Å². The van der Waals surface area contributed by atoms with E-state index in [0.717, 1.165) is 30.6 Å². The van der Waals surface area contributed by atoms with E-state index in [1.807, 2.05) is 14.1 Å². The molecule has 0 aliphatic rings. The first-order chi connectivity index (χ1) is 9.11. The predicted octanol–water partition coefficient (Wildman–Crippen LogP) is 1.49. The molecule has 0 radical (unpaired) electrons. The number of rotatable bonds is 6. The molecule has 0 amide bonds. The molecule has 2 aromatic rings. The molecule has 7 heteroatoms. The van der Waals surface area contributed by atoms with E-state index in [2.05, 4.69) is 20.0 Å². The van der Waals surface area contributed by atoms with Crippen LogP contribution in [0.25, 0.3) is 11.0 Å². The van der Waals surface area contributed by atoms with Gasteiger partial charge in [-0.15, -0.1) is 0 Å². The van der Waals surface area contributed by atoms with Crippen molar-refractivity contribution in [3.05, 3.63) is 17.2 Å². The summed E-state index contributed by atoms with van der Waals surface area (Å²) >= 11 is 6.14. The molecule has 6 nitrogen and oxygen atoms in total. The van der Waals surface area contributed by atoms with Crippen LogP contribution in [0, 0.1) is 0 Å². The normalized spacial score (nSPS) is 11.6. The molecule has 0 aromatic carbocycles. The van der Waals surface area contributed by atoms with Gasteiger partial charge in [-0.25, -0.2) is 9.97 Å². The molecule has 0 bridgehead atoms. The van der Waals surface area contributed by atoms with Crippen LogP contribution in [0.3, 0.4) is 0 Å². The van der Waals surface area contributed by atoms with Crippen molar-refractivity contribution in [2.75, 3.05) is 27.3 Å². The van der Waals surface area contributed by atoms with Gasteiger partial charge in [-0.3, -0.25) is 9.58 Å². The van der Waals surface area contributed by atoms with Crippen LogP contribution in [0.15, 0.2) is 6.20 Å². The van der Waals surface area contributed by atoms with Crippen molar-refractivity contribution in [1.82, 2.24) is 24.6 Å². The fraction of sp³-hybridized carbons (Fsp3) is 0.583. The summed E-state index contributed by atoms with van der Waals surface area (Å²) in [4.78, 5) is 11.0. The summed E-state index contributed by atoms with van der Waals surface area (Å²) < 4.78 is 6.74. The molecule has 0 aliphatic carbocycles. The summed E-state index contributed by atoms with van der Waals surface area (Å²) in [5.41, 5.74) is 0.764. The third kappa shape index (κ3) is 3.40. The highest BCUT2D eigenvalue weighted by Crippen LogP contribution is 2.19. The minimum atomic E-state index is 0.457. The highest BCUT2D eigenvalue weighted by atomic mass is 35.5. The zero-order valence-electron chi connectivity index (χ0n) is 11.4. The Kier molecular flexibility index (Phi) is 4.68. The molecule has 0 spiro atoms.